The molecule has 1 aliphatic rings. The molecule has 0 aromatic carbocycles. The monoisotopic (exact) mass is 258 g/mol. The summed E-state index contributed by atoms with van der Waals surface area (Å²) in [5.41, 5.74) is 2.32. The normalized spacial score (nSPS) is 29.9. The van der Waals surface area contributed by atoms with Crippen LogP contribution in [0, 0.1) is 16.7 Å². The Bertz CT molecular complexity index is 225. The molecule has 1 saturated carbocycles. The summed E-state index contributed by atoms with van der Waals surface area (Å²) in [6.45, 7) is 13.8. The van der Waals surface area contributed by atoms with Crippen molar-refractivity contribution in [1.82, 2.24) is 0 Å². The third-order valence-corrected chi connectivity index (χ3v) is 4.37. The highest BCUT2D eigenvalue weighted by Gasteiger charge is 2.40. The van der Waals surface area contributed by atoms with Crippen molar-refractivity contribution in [2.45, 2.75) is 47.0 Å². The first-order chi connectivity index (χ1) is 6.28. The minimum absolute atomic E-state index is 0.423. The van der Waals surface area contributed by atoms with Crippen LogP contribution in [0.4, 0.5) is 0 Å². The highest BCUT2D eigenvalue weighted by molar-refractivity contribution is 9.09. The van der Waals surface area contributed by atoms with Gasteiger partial charge in [-0.1, -0.05) is 55.8 Å². The lowest BCUT2D eigenvalue weighted by Gasteiger charge is -2.47. The molecule has 82 valence electrons. The molecule has 1 aliphatic carbocycles. The molecule has 0 heterocycles. The summed E-state index contributed by atoms with van der Waals surface area (Å²) < 4.78 is 0. The van der Waals surface area contributed by atoms with Gasteiger partial charge in [-0.15, -0.1) is 0 Å². The van der Waals surface area contributed by atoms with E-state index in [9.17, 15) is 0 Å². The Morgan fingerprint density at radius 3 is 2.36 bits per heavy atom. The number of alkyl halides is 1. The number of hydrogen-bond acceptors (Lipinski definition) is 0. The molecule has 14 heavy (non-hydrogen) atoms. The van der Waals surface area contributed by atoms with Gasteiger partial charge in [-0.3, -0.25) is 0 Å². The van der Waals surface area contributed by atoms with Gasteiger partial charge in [0, 0.05) is 5.33 Å². The first kappa shape index (κ1) is 12.3. The highest BCUT2D eigenvalue weighted by Crippen LogP contribution is 2.51. The van der Waals surface area contributed by atoms with Crippen molar-refractivity contribution in [3.63, 3.8) is 0 Å². The van der Waals surface area contributed by atoms with Crippen LogP contribution in [-0.4, -0.2) is 5.33 Å². The van der Waals surface area contributed by atoms with Crippen molar-refractivity contribution in [3.05, 3.63) is 12.2 Å². The predicted molar refractivity (Wildman–Crippen MR) is 67.8 cm³/mol. The van der Waals surface area contributed by atoms with Crippen LogP contribution in [0.1, 0.15) is 47.0 Å². The van der Waals surface area contributed by atoms with Crippen LogP contribution in [0.25, 0.3) is 0 Å². The maximum absolute atomic E-state index is 4.19. The topological polar surface area (TPSA) is 0 Å². The van der Waals surface area contributed by atoms with Gasteiger partial charge in [-0.2, -0.15) is 0 Å². The van der Waals surface area contributed by atoms with E-state index in [0.717, 1.165) is 5.33 Å². The SMILES string of the molecule is C=C(CBr)C1CCC(C)(C)CC1(C)C. The van der Waals surface area contributed by atoms with Gasteiger partial charge in [0.2, 0.25) is 0 Å². The Balaban J connectivity index is 2.78. The molecular formula is C13H23Br. The largest absolute Gasteiger partial charge is 0.0987 e. The van der Waals surface area contributed by atoms with Gasteiger partial charge < -0.3 is 0 Å². The fraction of sp³-hybridized carbons (Fsp3) is 0.846. The Morgan fingerprint density at radius 1 is 1.36 bits per heavy atom. The highest BCUT2D eigenvalue weighted by atomic mass is 79.9. The fourth-order valence-electron chi connectivity index (χ4n) is 3.22. The van der Waals surface area contributed by atoms with Crippen LogP contribution in [0.15, 0.2) is 12.2 Å². The fourth-order valence-corrected chi connectivity index (χ4v) is 3.61. The lowest BCUT2D eigenvalue weighted by atomic mass is 9.58. The average molecular weight is 259 g/mol. The third kappa shape index (κ3) is 2.62. The second-order valence-electron chi connectivity index (χ2n) is 6.21. The Hall–Kier alpha value is 0.220. The van der Waals surface area contributed by atoms with Gasteiger partial charge in [0.1, 0.15) is 0 Å². The third-order valence-electron chi connectivity index (χ3n) is 3.65. The van der Waals surface area contributed by atoms with Crippen LogP contribution < -0.4 is 0 Å². The summed E-state index contributed by atoms with van der Waals surface area (Å²) in [6.07, 6.45) is 3.97. The zero-order chi connectivity index (χ0) is 11.0. The zero-order valence-corrected chi connectivity index (χ0v) is 11.6. The molecule has 0 aromatic heterocycles. The van der Waals surface area contributed by atoms with Crippen molar-refractivity contribution in [2.24, 2.45) is 16.7 Å². The van der Waals surface area contributed by atoms with Crippen molar-refractivity contribution in [2.75, 3.05) is 5.33 Å². The van der Waals surface area contributed by atoms with Gasteiger partial charge in [0.25, 0.3) is 0 Å². The van der Waals surface area contributed by atoms with Gasteiger partial charge in [-0.05, 0) is 36.0 Å². The lowest BCUT2D eigenvalue weighted by Crippen LogP contribution is -2.37. The summed E-state index contributed by atoms with van der Waals surface area (Å²) in [5.74, 6) is 0.704. The molecule has 1 atom stereocenters. The zero-order valence-electron chi connectivity index (χ0n) is 9.99. The van der Waals surface area contributed by atoms with Crippen LogP contribution >= 0.6 is 15.9 Å². The standard InChI is InChI=1S/C13H23Br/c1-10(8-14)11-6-7-12(2,3)9-13(11,4)5/h11H,1,6-9H2,2-5H3. The molecule has 1 fully saturated rings. The summed E-state index contributed by atoms with van der Waals surface area (Å²) in [5, 5.41) is 0.960. The number of allylic oxidation sites excluding steroid dienone is 1. The molecule has 0 aliphatic heterocycles. The van der Waals surface area contributed by atoms with E-state index in [1.807, 2.05) is 0 Å². The average Bonchev–Trinajstić information content (AvgIpc) is 1.99. The van der Waals surface area contributed by atoms with E-state index in [2.05, 4.69) is 50.2 Å². The minimum Gasteiger partial charge on any atom is -0.0987 e. The second kappa shape index (κ2) is 4.00. The molecule has 0 nitrogen and oxygen atoms in total. The molecule has 0 amide bonds. The van der Waals surface area contributed by atoms with Crippen LogP contribution in [0.5, 0.6) is 0 Å². The maximum atomic E-state index is 4.19. The molecule has 0 aromatic rings. The Morgan fingerprint density at radius 2 is 1.93 bits per heavy atom. The summed E-state index contributed by atoms with van der Waals surface area (Å²) in [6, 6.07) is 0. The van der Waals surface area contributed by atoms with E-state index in [4.69, 9.17) is 0 Å². The van der Waals surface area contributed by atoms with E-state index in [-0.39, 0.29) is 0 Å². The number of hydrogen-bond donors (Lipinski definition) is 0. The van der Waals surface area contributed by atoms with Crippen molar-refractivity contribution in [1.29, 1.82) is 0 Å². The molecule has 1 rings (SSSR count). The molecule has 0 bridgehead atoms. The van der Waals surface area contributed by atoms with Crippen LogP contribution in [0.2, 0.25) is 0 Å². The Labute approximate surface area is 97.3 Å². The van der Waals surface area contributed by atoms with Crippen LogP contribution in [0.3, 0.4) is 0 Å². The molecule has 0 radical (unpaired) electrons. The molecule has 0 N–H and O–H groups in total. The van der Waals surface area contributed by atoms with E-state index >= 15 is 0 Å². The quantitative estimate of drug-likeness (QED) is 0.494. The van der Waals surface area contributed by atoms with E-state index in [1.165, 1.54) is 24.8 Å². The first-order valence-electron chi connectivity index (χ1n) is 5.52. The Kier molecular flexibility index (Phi) is 3.51. The molecular weight excluding hydrogens is 236 g/mol. The van der Waals surface area contributed by atoms with E-state index < -0.39 is 0 Å². The molecule has 0 spiro atoms. The smallest absolute Gasteiger partial charge is 0.0242 e. The second-order valence-corrected chi connectivity index (χ2v) is 6.77. The first-order valence-corrected chi connectivity index (χ1v) is 6.64. The van der Waals surface area contributed by atoms with Crippen molar-refractivity contribution >= 4 is 15.9 Å². The van der Waals surface area contributed by atoms with Crippen molar-refractivity contribution in [3.8, 4) is 0 Å². The summed E-state index contributed by atoms with van der Waals surface area (Å²) in [4.78, 5) is 0. The van der Waals surface area contributed by atoms with Gasteiger partial charge in [0.05, 0.1) is 0 Å². The van der Waals surface area contributed by atoms with Gasteiger partial charge in [0.15, 0.2) is 0 Å². The summed E-state index contributed by atoms with van der Waals surface area (Å²) >= 11 is 3.53. The minimum atomic E-state index is 0.423. The van der Waals surface area contributed by atoms with E-state index in [0.29, 0.717) is 16.7 Å². The molecule has 1 unspecified atom stereocenters. The maximum Gasteiger partial charge on any atom is 0.0242 e. The van der Waals surface area contributed by atoms with Gasteiger partial charge in [-0.25, -0.2) is 0 Å². The number of rotatable bonds is 2. The summed E-state index contributed by atoms with van der Waals surface area (Å²) in [7, 11) is 0. The van der Waals surface area contributed by atoms with Gasteiger partial charge >= 0.3 is 0 Å². The number of halogens is 1. The van der Waals surface area contributed by atoms with E-state index in [1.54, 1.807) is 0 Å². The molecule has 1 heteroatoms. The predicted octanol–water partition coefficient (Wildman–Crippen LogP) is 4.79. The van der Waals surface area contributed by atoms with Crippen molar-refractivity contribution < 1.29 is 0 Å². The lowest BCUT2D eigenvalue weighted by molar-refractivity contribution is 0.0687. The molecule has 0 saturated heterocycles. The van der Waals surface area contributed by atoms with Crippen LogP contribution in [-0.2, 0) is 0 Å².